The number of aryl methyl sites for hydroxylation is 1. The van der Waals surface area contributed by atoms with Crippen LogP contribution in [-0.4, -0.2) is 29.9 Å². The molecular formula is C15H21ClN2O. The molecule has 1 aromatic rings. The molecule has 4 heteroatoms. The highest BCUT2D eigenvalue weighted by Gasteiger charge is 2.31. The molecule has 0 spiro atoms. The van der Waals surface area contributed by atoms with Crippen molar-refractivity contribution in [3.63, 3.8) is 0 Å². The number of nitrogens with zero attached hydrogens (tertiary/aromatic N) is 1. The van der Waals surface area contributed by atoms with Gasteiger partial charge in [-0.15, -0.1) is 0 Å². The maximum absolute atomic E-state index is 12.2. The summed E-state index contributed by atoms with van der Waals surface area (Å²) in [6.07, 6.45) is 2.24. The van der Waals surface area contributed by atoms with Crippen molar-refractivity contribution in [1.29, 1.82) is 0 Å². The van der Waals surface area contributed by atoms with E-state index in [1.54, 1.807) is 0 Å². The summed E-state index contributed by atoms with van der Waals surface area (Å²) >= 11 is 6.10. The minimum Gasteiger partial charge on any atom is -0.340 e. The number of carbonyl (C=O) groups is 1. The minimum absolute atomic E-state index is 0.211. The molecule has 0 aromatic heterocycles. The van der Waals surface area contributed by atoms with Gasteiger partial charge in [-0.05, 0) is 43.9 Å². The van der Waals surface area contributed by atoms with Gasteiger partial charge in [-0.25, -0.2) is 0 Å². The van der Waals surface area contributed by atoms with Crippen molar-refractivity contribution in [2.45, 2.75) is 32.2 Å². The van der Waals surface area contributed by atoms with E-state index in [1.807, 2.05) is 29.2 Å². The fourth-order valence-corrected chi connectivity index (χ4v) is 2.98. The first-order chi connectivity index (χ1) is 9.11. The lowest BCUT2D eigenvalue weighted by Gasteiger charge is -2.21. The van der Waals surface area contributed by atoms with Crippen LogP contribution in [0.15, 0.2) is 24.3 Å². The van der Waals surface area contributed by atoms with Crippen molar-refractivity contribution in [1.82, 2.24) is 4.90 Å². The zero-order chi connectivity index (χ0) is 13.8. The van der Waals surface area contributed by atoms with E-state index in [2.05, 4.69) is 6.92 Å². The summed E-state index contributed by atoms with van der Waals surface area (Å²) in [4.78, 5) is 14.2. The highest BCUT2D eigenvalue weighted by Crippen LogP contribution is 2.24. The van der Waals surface area contributed by atoms with E-state index in [0.717, 1.165) is 23.6 Å². The number of hydrogen-bond acceptors (Lipinski definition) is 2. The lowest BCUT2D eigenvalue weighted by atomic mass is 10.1. The average Bonchev–Trinajstić information content (AvgIpc) is 2.79. The molecular weight excluding hydrogens is 260 g/mol. The fourth-order valence-electron chi connectivity index (χ4n) is 2.75. The molecule has 3 nitrogen and oxygen atoms in total. The molecule has 1 fully saturated rings. The first-order valence-corrected chi connectivity index (χ1v) is 7.22. The van der Waals surface area contributed by atoms with E-state index < -0.39 is 0 Å². The van der Waals surface area contributed by atoms with Crippen molar-refractivity contribution in [3.8, 4) is 0 Å². The molecule has 2 N–H and O–H groups in total. The van der Waals surface area contributed by atoms with Gasteiger partial charge in [0.15, 0.2) is 0 Å². The number of benzene rings is 1. The van der Waals surface area contributed by atoms with Crippen molar-refractivity contribution in [3.05, 3.63) is 34.9 Å². The van der Waals surface area contributed by atoms with Crippen LogP contribution in [0.4, 0.5) is 0 Å². The third-order valence-electron chi connectivity index (χ3n) is 3.88. The molecule has 1 amide bonds. The molecule has 1 heterocycles. The SMILES string of the molecule is CC1CC(CN)CN1C(=O)CCc1ccccc1Cl. The third-order valence-corrected chi connectivity index (χ3v) is 4.25. The highest BCUT2D eigenvalue weighted by atomic mass is 35.5. The quantitative estimate of drug-likeness (QED) is 0.921. The van der Waals surface area contributed by atoms with Crippen LogP contribution >= 0.6 is 11.6 Å². The van der Waals surface area contributed by atoms with Crippen LogP contribution in [0, 0.1) is 5.92 Å². The molecule has 1 aliphatic heterocycles. The minimum atomic E-state index is 0.211. The Hall–Kier alpha value is -1.06. The van der Waals surface area contributed by atoms with Gasteiger partial charge in [0.1, 0.15) is 0 Å². The summed E-state index contributed by atoms with van der Waals surface area (Å²) in [5.41, 5.74) is 6.73. The first-order valence-electron chi connectivity index (χ1n) is 6.84. The van der Waals surface area contributed by atoms with Crippen molar-refractivity contribution in [2.24, 2.45) is 11.7 Å². The Morgan fingerprint density at radius 1 is 1.47 bits per heavy atom. The molecule has 2 atom stereocenters. The van der Waals surface area contributed by atoms with Crippen LogP contribution in [0.3, 0.4) is 0 Å². The van der Waals surface area contributed by atoms with Gasteiger partial charge in [0.2, 0.25) is 5.91 Å². The molecule has 19 heavy (non-hydrogen) atoms. The fraction of sp³-hybridized carbons (Fsp3) is 0.533. The topological polar surface area (TPSA) is 46.3 Å². The maximum Gasteiger partial charge on any atom is 0.223 e. The molecule has 1 aromatic carbocycles. The zero-order valence-electron chi connectivity index (χ0n) is 11.3. The second kappa shape index (κ2) is 6.40. The Morgan fingerprint density at radius 3 is 2.84 bits per heavy atom. The van der Waals surface area contributed by atoms with Gasteiger partial charge in [0.25, 0.3) is 0 Å². The second-order valence-corrected chi connectivity index (χ2v) is 5.73. The summed E-state index contributed by atoms with van der Waals surface area (Å²) in [5.74, 6) is 0.669. The Morgan fingerprint density at radius 2 is 2.21 bits per heavy atom. The Balaban J connectivity index is 1.90. The third kappa shape index (κ3) is 3.48. The van der Waals surface area contributed by atoms with Gasteiger partial charge in [-0.3, -0.25) is 4.79 Å². The molecule has 0 saturated carbocycles. The molecule has 0 bridgehead atoms. The van der Waals surface area contributed by atoms with E-state index in [-0.39, 0.29) is 5.91 Å². The average molecular weight is 281 g/mol. The number of likely N-dealkylation sites (tertiary alicyclic amines) is 1. The predicted octanol–water partition coefficient (Wildman–Crippen LogP) is 2.47. The standard InChI is InChI=1S/C15H21ClN2O/c1-11-8-12(9-17)10-18(11)15(19)7-6-13-4-2-3-5-14(13)16/h2-5,11-12H,6-10,17H2,1H3. The van der Waals surface area contributed by atoms with Crippen LogP contribution in [0.5, 0.6) is 0 Å². The second-order valence-electron chi connectivity index (χ2n) is 5.32. The summed E-state index contributed by atoms with van der Waals surface area (Å²) in [6.45, 7) is 3.57. The highest BCUT2D eigenvalue weighted by molar-refractivity contribution is 6.31. The molecule has 0 aliphatic carbocycles. The predicted molar refractivity (Wildman–Crippen MR) is 78.1 cm³/mol. The smallest absolute Gasteiger partial charge is 0.223 e. The van der Waals surface area contributed by atoms with Crippen molar-refractivity contribution < 1.29 is 4.79 Å². The van der Waals surface area contributed by atoms with Gasteiger partial charge < -0.3 is 10.6 Å². The Kier molecular flexibility index (Phi) is 4.83. The summed E-state index contributed by atoms with van der Waals surface area (Å²) in [7, 11) is 0. The lowest BCUT2D eigenvalue weighted by molar-refractivity contribution is -0.131. The van der Waals surface area contributed by atoms with E-state index in [0.29, 0.717) is 31.3 Å². The zero-order valence-corrected chi connectivity index (χ0v) is 12.1. The number of carbonyl (C=O) groups excluding carboxylic acids is 1. The molecule has 1 aliphatic rings. The normalized spacial score (nSPS) is 22.8. The number of hydrogen-bond donors (Lipinski definition) is 1. The Labute approximate surface area is 119 Å². The van der Waals surface area contributed by atoms with Crippen molar-refractivity contribution >= 4 is 17.5 Å². The number of halogens is 1. The molecule has 2 rings (SSSR count). The van der Waals surface area contributed by atoms with Gasteiger partial charge in [0, 0.05) is 24.0 Å². The molecule has 2 unspecified atom stereocenters. The van der Waals surface area contributed by atoms with Crippen LogP contribution < -0.4 is 5.73 Å². The monoisotopic (exact) mass is 280 g/mol. The van der Waals surface area contributed by atoms with Crippen LogP contribution in [0.25, 0.3) is 0 Å². The number of nitrogens with two attached hydrogens (primary N) is 1. The maximum atomic E-state index is 12.2. The van der Waals surface area contributed by atoms with Gasteiger partial charge in [0.05, 0.1) is 0 Å². The summed E-state index contributed by atoms with van der Waals surface area (Å²) in [6, 6.07) is 8.01. The molecule has 0 radical (unpaired) electrons. The molecule has 1 saturated heterocycles. The van der Waals surface area contributed by atoms with E-state index in [1.165, 1.54) is 0 Å². The summed E-state index contributed by atoms with van der Waals surface area (Å²) in [5, 5.41) is 0.740. The van der Waals surface area contributed by atoms with E-state index >= 15 is 0 Å². The first kappa shape index (κ1) is 14.4. The van der Waals surface area contributed by atoms with E-state index in [4.69, 9.17) is 17.3 Å². The Bertz CT molecular complexity index is 450. The largest absolute Gasteiger partial charge is 0.340 e. The van der Waals surface area contributed by atoms with Gasteiger partial charge >= 0.3 is 0 Å². The van der Waals surface area contributed by atoms with Crippen LogP contribution in [0.2, 0.25) is 5.02 Å². The summed E-state index contributed by atoms with van der Waals surface area (Å²) < 4.78 is 0. The number of rotatable bonds is 4. The number of amides is 1. The molecule has 104 valence electrons. The van der Waals surface area contributed by atoms with Crippen molar-refractivity contribution in [2.75, 3.05) is 13.1 Å². The van der Waals surface area contributed by atoms with Crippen LogP contribution in [0.1, 0.15) is 25.3 Å². The lowest BCUT2D eigenvalue weighted by Crippen LogP contribution is -2.34. The van der Waals surface area contributed by atoms with E-state index in [9.17, 15) is 4.79 Å². The van der Waals surface area contributed by atoms with Crippen LogP contribution in [-0.2, 0) is 11.2 Å². The van der Waals surface area contributed by atoms with Gasteiger partial charge in [-0.1, -0.05) is 29.8 Å². The van der Waals surface area contributed by atoms with Gasteiger partial charge in [-0.2, -0.15) is 0 Å².